The van der Waals surface area contributed by atoms with Crippen molar-refractivity contribution < 1.29 is 14.6 Å². The fourth-order valence-electron chi connectivity index (χ4n) is 4.39. The van der Waals surface area contributed by atoms with Crippen LogP contribution >= 0.6 is 0 Å². The highest BCUT2D eigenvalue weighted by Gasteiger charge is 2.40. The number of benzene rings is 2. The highest BCUT2D eigenvalue weighted by molar-refractivity contribution is 5.44. The van der Waals surface area contributed by atoms with E-state index >= 15 is 0 Å². The third kappa shape index (κ3) is 5.39. The summed E-state index contributed by atoms with van der Waals surface area (Å²) in [6.45, 7) is 4.72. The summed E-state index contributed by atoms with van der Waals surface area (Å²) in [5.41, 5.74) is 1.15. The number of aryl methyl sites for hydroxylation is 1. The van der Waals surface area contributed by atoms with E-state index in [1.165, 1.54) is 5.56 Å². The minimum atomic E-state index is -0.918. The van der Waals surface area contributed by atoms with Crippen LogP contribution < -0.4 is 10.1 Å². The number of methoxy groups -OCH3 is 1. The van der Waals surface area contributed by atoms with E-state index in [9.17, 15) is 5.11 Å². The number of hydrogen-bond donors (Lipinski definition) is 2. The van der Waals surface area contributed by atoms with Crippen molar-refractivity contribution in [3.8, 4) is 11.5 Å². The maximum Gasteiger partial charge on any atom is 0.133 e. The summed E-state index contributed by atoms with van der Waals surface area (Å²) in [5, 5.41) is 15.5. The lowest BCUT2D eigenvalue weighted by Crippen LogP contribution is -2.44. The first kappa shape index (κ1) is 21.8. The van der Waals surface area contributed by atoms with E-state index in [0.29, 0.717) is 6.42 Å². The van der Waals surface area contributed by atoms with Gasteiger partial charge in [0.15, 0.2) is 0 Å². The van der Waals surface area contributed by atoms with E-state index in [0.717, 1.165) is 68.9 Å². The van der Waals surface area contributed by atoms with E-state index in [1.54, 1.807) is 7.11 Å². The van der Waals surface area contributed by atoms with E-state index in [4.69, 9.17) is 9.47 Å². The van der Waals surface area contributed by atoms with Crippen molar-refractivity contribution in [3.63, 3.8) is 0 Å². The largest absolute Gasteiger partial charge is 0.457 e. The van der Waals surface area contributed by atoms with E-state index < -0.39 is 5.60 Å². The van der Waals surface area contributed by atoms with Crippen molar-refractivity contribution >= 4 is 0 Å². The third-order valence-electron chi connectivity index (χ3n) is 6.06. The standard InChI is InChI=1S/C25H35NO3/c1-3-20-11-4-6-14-23(20)29-24-15-7-5-13-22(24)25(27,16-8-9-18-28-2)21-12-10-17-26-19-21/h4-7,11,13-15,21,26-27H,3,8-10,12,16-19H2,1-2H3/t21?,25-/m0/s1. The maximum atomic E-state index is 12.0. The molecule has 1 unspecified atom stereocenters. The van der Waals surface area contributed by atoms with Crippen LogP contribution in [0.1, 0.15) is 50.2 Å². The Bertz CT molecular complexity index is 757. The third-order valence-corrected chi connectivity index (χ3v) is 6.06. The van der Waals surface area contributed by atoms with Gasteiger partial charge < -0.3 is 19.9 Å². The van der Waals surface area contributed by atoms with Gasteiger partial charge in [-0.05, 0) is 62.8 Å². The fraction of sp³-hybridized carbons (Fsp3) is 0.520. The number of para-hydroxylation sites is 2. The number of rotatable bonds is 10. The lowest BCUT2D eigenvalue weighted by Gasteiger charge is -2.40. The first-order valence-electron chi connectivity index (χ1n) is 11.0. The molecule has 0 saturated carbocycles. The minimum Gasteiger partial charge on any atom is -0.457 e. The average molecular weight is 398 g/mol. The molecule has 4 nitrogen and oxygen atoms in total. The molecule has 2 aromatic rings. The zero-order chi connectivity index (χ0) is 20.5. The van der Waals surface area contributed by atoms with Gasteiger partial charge in [-0.1, -0.05) is 43.3 Å². The van der Waals surface area contributed by atoms with Gasteiger partial charge in [-0.3, -0.25) is 0 Å². The van der Waals surface area contributed by atoms with Gasteiger partial charge in [0.2, 0.25) is 0 Å². The van der Waals surface area contributed by atoms with E-state index in [-0.39, 0.29) is 5.92 Å². The molecule has 3 rings (SSSR count). The fourth-order valence-corrected chi connectivity index (χ4v) is 4.39. The van der Waals surface area contributed by atoms with Crippen LogP contribution in [0.2, 0.25) is 0 Å². The minimum absolute atomic E-state index is 0.171. The number of hydrogen-bond acceptors (Lipinski definition) is 4. The van der Waals surface area contributed by atoms with Gasteiger partial charge in [0.05, 0.1) is 5.60 Å². The number of aliphatic hydroxyl groups is 1. The Morgan fingerprint density at radius 2 is 1.83 bits per heavy atom. The Labute approximate surface area is 175 Å². The zero-order valence-electron chi connectivity index (χ0n) is 17.8. The van der Waals surface area contributed by atoms with Gasteiger partial charge in [-0.2, -0.15) is 0 Å². The zero-order valence-corrected chi connectivity index (χ0v) is 17.8. The summed E-state index contributed by atoms with van der Waals surface area (Å²) < 4.78 is 11.6. The highest BCUT2D eigenvalue weighted by atomic mass is 16.5. The molecule has 0 radical (unpaired) electrons. The molecule has 2 atom stereocenters. The quantitative estimate of drug-likeness (QED) is 0.551. The molecule has 158 valence electrons. The molecule has 2 aromatic carbocycles. The van der Waals surface area contributed by atoms with Crippen LogP contribution in [-0.2, 0) is 16.8 Å². The Hall–Kier alpha value is -1.88. The molecule has 0 aromatic heterocycles. The summed E-state index contributed by atoms with van der Waals surface area (Å²) in [4.78, 5) is 0. The number of unbranched alkanes of at least 4 members (excludes halogenated alkanes) is 1. The van der Waals surface area contributed by atoms with Gasteiger partial charge in [-0.25, -0.2) is 0 Å². The lowest BCUT2D eigenvalue weighted by atomic mass is 9.74. The summed E-state index contributed by atoms with van der Waals surface area (Å²) in [6, 6.07) is 16.2. The highest BCUT2D eigenvalue weighted by Crippen LogP contribution is 2.43. The average Bonchev–Trinajstić information content (AvgIpc) is 2.78. The van der Waals surface area contributed by atoms with Gasteiger partial charge >= 0.3 is 0 Å². The molecule has 29 heavy (non-hydrogen) atoms. The van der Waals surface area contributed by atoms with Gasteiger partial charge in [0.1, 0.15) is 11.5 Å². The predicted octanol–water partition coefficient (Wildman–Crippen LogP) is 5.05. The SMILES string of the molecule is CCc1ccccc1Oc1ccccc1[C@](O)(CCCCOC)C1CCCNC1. The van der Waals surface area contributed by atoms with Gasteiger partial charge in [0.25, 0.3) is 0 Å². The number of nitrogens with one attached hydrogen (secondary N) is 1. The number of piperidine rings is 1. The summed E-state index contributed by atoms with van der Waals surface area (Å²) in [7, 11) is 1.73. The van der Waals surface area contributed by atoms with Crippen LogP contribution in [0.3, 0.4) is 0 Å². The second kappa shape index (κ2) is 10.8. The molecule has 0 amide bonds. The van der Waals surface area contributed by atoms with Crippen LogP contribution in [0.4, 0.5) is 0 Å². The first-order chi connectivity index (χ1) is 14.2. The Kier molecular flexibility index (Phi) is 8.10. The summed E-state index contributed by atoms with van der Waals surface area (Å²) in [6.07, 6.45) is 5.59. The second-order valence-electron chi connectivity index (χ2n) is 7.98. The van der Waals surface area contributed by atoms with E-state index in [2.05, 4.69) is 18.3 Å². The van der Waals surface area contributed by atoms with Crippen LogP contribution in [-0.4, -0.2) is 31.9 Å². The molecular formula is C25H35NO3. The van der Waals surface area contributed by atoms with Crippen molar-refractivity contribution in [2.75, 3.05) is 26.8 Å². The Morgan fingerprint density at radius 1 is 1.07 bits per heavy atom. The van der Waals surface area contributed by atoms with Crippen molar-refractivity contribution in [2.45, 2.75) is 51.0 Å². The maximum absolute atomic E-state index is 12.0. The molecule has 1 saturated heterocycles. The van der Waals surface area contributed by atoms with Crippen LogP contribution in [0, 0.1) is 5.92 Å². The Balaban J connectivity index is 1.92. The topological polar surface area (TPSA) is 50.7 Å². The first-order valence-corrected chi connectivity index (χ1v) is 11.0. The van der Waals surface area contributed by atoms with Crippen LogP contribution in [0.15, 0.2) is 48.5 Å². The van der Waals surface area contributed by atoms with Crippen LogP contribution in [0.25, 0.3) is 0 Å². The normalized spacial score (nSPS) is 18.9. The van der Waals surface area contributed by atoms with Crippen molar-refractivity contribution in [3.05, 3.63) is 59.7 Å². The second-order valence-corrected chi connectivity index (χ2v) is 7.98. The molecule has 1 heterocycles. The molecule has 1 fully saturated rings. The predicted molar refractivity (Wildman–Crippen MR) is 118 cm³/mol. The summed E-state index contributed by atoms with van der Waals surface area (Å²) >= 11 is 0. The molecule has 0 aliphatic carbocycles. The molecule has 1 aliphatic heterocycles. The molecule has 1 aliphatic rings. The molecule has 0 bridgehead atoms. The van der Waals surface area contributed by atoms with Crippen molar-refractivity contribution in [1.82, 2.24) is 5.32 Å². The molecule has 0 spiro atoms. The van der Waals surface area contributed by atoms with E-state index in [1.807, 2.05) is 42.5 Å². The van der Waals surface area contributed by atoms with Gasteiger partial charge in [-0.15, -0.1) is 0 Å². The molecule has 4 heteroatoms. The monoisotopic (exact) mass is 397 g/mol. The smallest absolute Gasteiger partial charge is 0.133 e. The van der Waals surface area contributed by atoms with Crippen molar-refractivity contribution in [2.24, 2.45) is 5.92 Å². The molecular weight excluding hydrogens is 362 g/mol. The lowest BCUT2D eigenvalue weighted by molar-refractivity contribution is -0.0447. The summed E-state index contributed by atoms with van der Waals surface area (Å²) in [5.74, 6) is 1.80. The van der Waals surface area contributed by atoms with Gasteiger partial charge in [0, 0.05) is 31.7 Å². The van der Waals surface area contributed by atoms with Crippen LogP contribution in [0.5, 0.6) is 11.5 Å². The number of ether oxygens (including phenoxy) is 2. The Morgan fingerprint density at radius 3 is 2.55 bits per heavy atom. The molecule has 2 N–H and O–H groups in total. The van der Waals surface area contributed by atoms with Crippen molar-refractivity contribution in [1.29, 1.82) is 0 Å².